The lowest BCUT2D eigenvalue weighted by molar-refractivity contribution is 0.0134. The van der Waals surface area contributed by atoms with Crippen molar-refractivity contribution in [3.63, 3.8) is 0 Å². The maximum absolute atomic E-state index is 2.80. The second-order valence-electron chi connectivity index (χ2n) is 8.06. The van der Waals surface area contributed by atoms with Crippen LogP contribution in [0.1, 0.15) is 66.7 Å². The quantitative estimate of drug-likeness (QED) is 0.656. The van der Waals surface area contributed by atoms with E-state index in [1.54, 1.807) is 0 Å². The van der Waals surface area contributed by atoms with E-state index in [1.165, 1.54) is 45.2 Å². The van der Waals surface area contributed by atoms with E-state index in [1.807, 2.05) is 0 Å². The van der Waals surface area contributed by atoms with Crippen LogP contribution in [0, 0.1) is 16.7 Å². The Hall–Kier alpha value is -0.0400. The van der Waals surface area contributed by atoms with Gasteiger partial charge in [0.1, 0.15) is 0 Å². The van der Waals surface area contributed by atoms with Gasteiger partial charge in [-0.05, 0) is 55.4 Å². The normalized spacial score (nSPS) is 37.9. The van der Waals surface area contributed by atoms with Crippen LogP contribution in [0.25, 0.3) is 0 Å². The lowest BCUT2D eigenvalue weighted by Crippen LogP contribution is -2.49. The molecule has 2 rings (SSSR count). The second-order valence-corrected chi connectivity index (χ2v) is 8.06. The molecule has 1 nitrogen and oxygen atoms in total. The zero-order valence-electron chi connectivity index (χ0n) is 12.6. The van der Waals surface area contributed by atoms with Crippen molar-refractivity contribution in [1.82, 2.24) is 4.90 Å². The fraction of sp³-hybridized carbons (Fsp3) is 1.00. The van der Waals surface area contributed by atoms with Gasteiger partial charge in [-0.1, -0.05) is 34.6 Å². The van der Waals surface area contributed by atoms with Crippen molar-refractivity contribution in [2.75, 3.05) is 13.1 Å². The summed E-state index contributed by atoms with van der Waals surface area (Å²) in [4.78, 5) is 2.80. The largest absolute Gasteiger partial charge is 0.300 e. The molecule has 2 fully saturated rings. The van der Waals surface area contributed by atoms with Crippen molar-refractivity contribution in [3.8, 4) is 0 Å². The molecule has 1 aliphatic heterocycles. The lowest BCUT2D eigenvalue weighted by atomic mass is 9.67. The molecule has 1 heterocycles. The van der Waals surface area contributed by atoms with E-state index < -0.39 is 0 Å². The fourth-order valence-electron chi connectivity index (χ4n) is 3.84. The molecule has 0 unspecified atom stereocenters. The van der Waals surface area contributed by atoms with Gasteiger partial charge in [-0.3, -0.25) is 4.90 Å². The third kappa shape index (κ3) is 3.05. The number of hydrogen-bond donors (Lipinski definition) is 0. The van der Waals surface area contributed by atoms with Gasteiger partial charge in [0.15, 0.2) is 0 Å². The lowest BCUT2D eigenvalue weighted by Gasteiger charge is -2.48. The minimum absolute atomic E-state index is 0.546. The predicted octanol–water partition coefficient (Wildman–Crippen LogP) is 4.32. The highest BCUT2D eigenvalue weighted by Crippen LogP contribution is 2.43. The van der Waals surface area contributed by atoms with Crippen LogP contribution in [0.4, 0.5) is 0 Å². The Labute approximate surface area is 108 Å². The highest BCUT2D eigenvalue weighted by atomic mass is 15.2. The number of nitrogens with zero attached hydrogens (tertiary/aromatic N) is 1. The van der Waals surface area contributed by atoms with Crippen LogP contribution in [0.5, 0.6) is 0 Å². The third-order valence-electron chi connectivity index (χ3n) is 5.48. The average molecular weight is 237 g/mol. The van der Waals surface area contributed by atoms with E-state index in [0.29, 0.717) is 10.8 Å². The van der Waals surface area contributed by atoms with E-state index in [4.69, 9.17) is 0 Å². The Morgan fingerprint density at radius 3 is 2.35 bits per heavy atom. The van der Waals surface area contributed by atoms with Crippen molar-refractivity contribution < 1.29 is 0 Å². The number of piperidine rings is 1. The van der Waals surface area contributed by atoms with Gasteiger partial charge in [-0.2, -0.15) is 0 Å². The van der Waals surface area contributed by atoms with Crippen molar-refractivity contribution in [1.29, 1.82) is 0 Å². The first kappa shape index (κ1) is 13.4. The maximum atomic E-state index is 2.80. The van der Waals surface area contributed by atoms with Gasteiger partial charge in [0.2, 0.25) is 0 Å². The van der Waals surface area contributed by atoms with Crippen LogP contribution in [0.15, 0.2) is 0 Å². The number of rotatable bonds is 1. The number of hydrogen-bond acceptors (Lipinski definition) is 1. The maximum Gasteiger partial charge on any atom is 0.0101 e. The van der Waals surface area contributed by atoms with Gasteiger partial charge in [-0.15, -0.1) is 0 Å². The highest BCUT2D eigenvalue weighted by Gasteiger charge is 2.38. The molecule has 1 saturated carbocycles. The van der Waals surface area contributed by atoms with Gasteiger partial charge in [0, 0.05) is 12.6 Å². The van der Waals surface area contributed by atoms with Crippen LogP contribution < -0.4 is 0 Å². The minimum atomic E-state index is 0.546. The van der Waals surface area contributed by atoms with Crippen LogP contribution in [-0.2, 0) is 0 Å². The van der Waals surface area contributed by atoms with Crippen molar-refractivity contribution in [2.45, 2.75) is 72.8 Å². The first-order chi connectivity index (χ1) is 7.80. The van der Waals surface area contributed by atoms with Crippen LogP contribution in [-0.4, -0.2) is 24.0 Å². The van der Waals surface area contributed by atoms with Gasteiger partial charge in [0.05, 0.1) is 0 Å². The third-order valence-corrected chi connectivity index (χ3v) is 5.48. The Balaban J connectivity index is 1.99. The molecule has 2 atom stereocenters. The molecule has 1 saturated heterocycles. The van der Waals surface area contributed by atoms with Crippen molar-refractivity contribution in [3.05, 3.63) is 0 Å². The first-order valence-corrected chi connectivity index (χ1v) is 7.54. The number of likely N-dealkylation sites (tertiary alicyclic amines) is 1. The van der Waals surface area contributed by atoms with Gasteiger partial charge in [0.25, 0.3) is 0 Å². The molecule has 0 N–H and O–H groups in total. The van der Waals surface area contributed by atoms with E-state index >= 15 is 0 Å². The van der Waals surface area contributed by atoms with E-state index in [2.05, 4.69) is 39.5 Å². The molecule has 0 aromatic rings. The molecule has 0 bridgehead atoms. The second kappa shape index (κ2) is 4.57. The minimum Gasteiger partial charge on any atom is -0.300 e. The average Bonchev–Trinajstić information content (AvgIpc) is 2.20. The molecule has 1 aliphatic carbocycles. The molecular formula is C16H31N. The van der Waals surface area contributed by atoms with Crippen molar-refractivity contribution >= 4 is 0 Å². The molecule has 0 spiro atoms. The smallest absolute Gasteiger partial charge is 0.0101 e. The first-order valence-electron chi connectivity index (χ1n) is 7.54. The van der Waals surface area contributed by atoms with Crippen molar-refractivity contribution in [2.24, 2.45) is 16.7 Å². The van der Waals surface area contributed by atoms with E-state index in [0.717, 1.165) is 12.0 Å². The Bertz CT molecular complexity index is 267. The monoisotopic (exact) mass is 237 g/mol. The molecule has 0 aromatic carbocycles. The molecule has 0 radical (unpaired) electrons. The van der Waals surface area contributed by atoms with Gasteiger partial charge < -0.3 is 0 Å². The summed E-state index contributed by atoms with van der Waals surface area (Å²) in [7, 11) is 0. The molecule has 0 amide bonds. The van der Waals surface area contributed by atoms with E-state index in [-0.39, 0.29) is 0 Å². The fourth-order valence-corrected chi connectivity index (χ4v) is 3.84. The van der Waals surface area contributed by atoms with Gasteiger partial charge >= 0.3 is 0 Å². The molecule has 17 heavy (non-hydrogen) atoms. The summed E-state index contributed by atoms with van der Waals surface area (Å²) in [5.41, 5.74) is 1.09. The molecule has 2 aliphatic rings. The zero-order valence-corrected chi connectivity index (χ0v) is 12.6. The summed E-state index contributed by atoms with van der Waals surface area (Å²) >= 11 is 0. The summed E-state index contributed by atoms with van der Waals surface area (Å²) in [6.45, 7) is 14.9. The summed E-state index contributed by atoms with van der Waals surface area (Å²) in [5.74, 6) is 0.900. The molecule has 1 heteroatoms. The van der Waals surface area contributed by atoms with Crippen LogP contribution >= 0.6 is 0 Å². The Kier molecular flexibility index (Phi) is 3.60. The zero-order chi connectivity index (χ0) is 12.7. The molecule has 100 valence electrons. The summed E-state index contributed by atoms with van der Waals surface area (Å²) in [5, 5.41) is 0. The summed E-state index contributed by atoms with van der Waals surface area (Å²) in [6, 6.07) is 0.862. The predicted molar refractivity (Wildman–Crippen MR) is 75.2 cm³/mol. The van der Waals surface area contributed by atoms with E-state index in [9.17, 15) is 0 Å². The summed E-state index contributed by atoms with van der Waals surface area (Å²) < 4.78 is 0. The van der Waals surface area contributed by atoms with Gasteiger partial charge in [-0.25, -0.2) is 0 Å². The van der Waals surface area contributed by atoms with Crippen LogP contribution in [0.3, 0.4) is 0 Å². The summed E-state index contributed by atoms with van der Waals surface area (Å²) in [6.07, 6.45) is 7.08. The SMILES string of the molecule is C[C@H]1CC[C@H](N2CCCC(C)(C)C2)CC1(C)C. The molecule has 0 aromatic heterocycles. The highest BCUT2D eigenvalue weighted by molar-refractivity contribution is 4.91. The standard InChI is InChI=1S/C16H31N/c1-13-7-8-14(11-16(13,4)5)17-10-6-9-15(2,3)12-17/h13-14H,6-12H2,1-5H3/t13-,14-/m0/s1. The Morgan fingerprint density at radius 2 is 1.76 bits per heavy atom. The molecular weight excluding hydrogens is 206 g/mol. The van der Waals surface area contributed by atoms with Crippen LogP contribution in [0.2, 0.25) is 0 Å². The topological polar surface area (TPSA) is 3.24 Å². The Morgan fingerprint density at radius 1 is 1.06 bits per heavy atom.